The Morgan fingerprint density at radius 1 is 1.24 bits per heavy atom. The summed E-state index contributed by atoms with van der Waals surface area (Å²) in [5, 5.41) is 2.13. The van der Waals surface area contributed by atoms with Crippen molar-refractivity contribution in [2.24, 2.45) is 0 Å². The van der Waals surface area contributed by atoms with Crippen molar-refractivity contribution in [1.29, 1.82) is 0 Å². The van der Waals surface area contributed by atoms with Gasteiger partial charge in [-0.05, 0) is 49.4 Å². The highest BCUT2D eigenvalue weighted by molar-refractivity contribution is 8.18. The van der Waals surface area contributed by atoms with Crippen molar-refractivity contribution in [2.45, 2.75) is 26.9 Å². The van der Waals surface area contributed by atoms with E-state index in [1.54, 1.807) is 44.2 Å². The summed E-state index contributed by atoms with van der Waals surface area (Å²) in [6, 6.07) is 6.81. The molecule has 0 atom stereocenters. The molecule has 1 heterocycles. The number of carbonyl (C=O) groups is 4. The van der Waals surface area contributed by atoms with E-state index in [2.05, 4.69) is 5.32 Å². The lowest BCUT2D eigenvalue weighted by atomic mass is 10.2. The van der Waals surface area contributed by atoms with Gasteiger partial charge in [-0.1, -0.05) is 12.1 Å². The molecule has 25 heavy (non-hydrogen) atoms. The fourth-order valence-electron chi connectivity index (χ4n) is 2.08. The zero-order valence-corrected chi connectivity index (χ0v) is 14.9. The number of benzene rings is 1. The quantitative estimate of drug-likeness (QED) is 0.639. The number of nitrogens with one attached hydrogen (secondary N) is 1. The molecular formula is C17H18N2O5S. The van der Waals surface area contributed by atoms with Crippen LogP contribution in [0.15, 0.2) is 29.2 Å². The molecule has 0 aromatic heterocycles. The van der Waals surface area contributed by atoms with Crippen LogP contribution in [0.25, 0.3) is 6.08 Å². The summed E-state index contributed by atoms with van der Waals surface area (Å²) in [6.45, 7) is 4.39. The average molecular weight is 362 g/mol. The van der Waals surface area contributed by atoms with Gasteiger partial charge >= 0.3 is 5.97 Å². The van der Waals surface area contributed by atoms with Gasteiger partial charge in [-0.2, -0.15) is 0 Å². The van der Waals surface area contributed by atoms with E-state index in [0.717, 1.165) is 16.7 Å². The molecule has 0 saturated carbocycles. The minimum Gasteiger partial charge on any atom is -0.462 e. The minimum absolute atomic E-state index is 0.179. The van der Waals surface area contributed by atoms with E-state index in [0.29, 0.717) is 11.3 Å². The fourth-order valence-corrected chi connectivity index (χ4v) is 2.92. The van der Waals surface area contributed by atoms with E-state index in [9.17, 15) is 19.2 Å². The number of ether oxygens (including phenoxy) is 1. The van der Waals surface area contributed by atoms with Gasteiger partial charge in [0.15, 0.2) is 0 Å². The highest BCUT2D eigenvalue weighted by atomic mass is 32.2. The van der Waals surface area contributed by atoms with Crippen molar-refractivity contribution in [3.63, 3.8) is 0 Å². The van der Waals surface area contributed by atoms with Gasteiger partial charge in [0.1, 0.15) is 6.54 Å². The Hall–Kier alpha value is -2.61. The van der Waals surface area contributed by atoms with Gasteiger partial charge in [-0.25, -0.2) is 0 Å². The van der Waals surface area contributed by atoms with Crippen LogP contribution in [0.2, 0.25) is 0 Å². The summed E-state index contributed by atoms with van der Waals surface area (Å²) < 4.78 is 4.96. The zero-order valence-electron chi connectivity index (χ0n) is 14.1. The summed E-state index contributed by atoms with van der Waals surface area (Å²) in [4.78, 5) is 48.0. The summed E-state index contributed by atoms with van der Waals surface area (Å²) in [7, 11) is 0. The van der Waals surface area contributed by atoms with Crippen LogP contribution in [-0.4, -0.2) is 40.6 Å². The molecule has 1 aromatic rings. The maximum absolute atomic E-state index is 12.3. The van der Waals surface area contributed by atoms with Gasteiger partial charge < -0.3 is 10.1 Å². The Balaban J connectivity index is 2.09. The second-order valence-electron chi connectivity index (χ2n) is 5.61. The first-order valence-electron chi connectivity index (χ1n) is 7.58. The van der Waals surface area contributed by atoms with E-state index >= 15 is 0 Å². The number of rotatable bonds is 5. The van der Waals surface area contributed by atoms with Gasteiger partial charge in [0.25, 0.3) is 11.1 Å². The summed E-state index contributed by atoms with van der Waals surface area (Å²) in [6.07, 6.45) is 1.25. The first kappa shape index (κ1) is 18.7. The minimum atomic E-state index is -0.627. The van der Waals surface area contributed by atoms with Gasteiger partial charge in [0.2, 0.25) is 5.91 Å². The van der Waals surface area contributed by atoms with Crippen molar-refractivity contribution in [1.82, 2.24) is 4.90 Å². The predicted molar refractivity (Wildman–Crippen MR) is 94.7 cm³/mol. The topological polar surface area (TPSA) is 92.8 Å². The standard InChI is InChI=1S/C17H18N2O5S/c1-10(2)24-15(21)9-19-16(22)14(25-17(19)23)8-12-4-6-13(7-5-12)18-11(3)20/h4-8,10H,9H2,1-3H3,(H,18,20). The monoisotopic (exact) mass is 362 g/mol. The molecule has 1 N–H and O–H groups in total. The normalized spacial score (nSPS) is 15.8. The number of amides is 3. The molecule has 2 rings (SSSR count). The smallest absolute Gasteiger partial charge is 0.326 e. The zero-order chi connectivity index (χ0) is 18.6. The van der Waals surface area contributed by atoms with E-state index in [1.807, 2.05) is 0 Å². The number of carbonyl (C=O) groups excluding carboxylic acids is 4. The molecule has 1 saturated heterocycles. The first-order valence-corrected chi connectivity index (χ1v) is 8.40. The van der Waals surface area contributed by atoms with E-state index in [4.69, 9.17) is 4.74 Å². The number of esters is 1. The lowest BCUT2D eigenvalue weighted by Crippen LogP contribution is -2.35. The van der Waals surface area contributed by atoms with Gasteiger partial charge in [-0.3, -0.25) is 24.1 Å². The Kier molecular flexibility index (Phi) is 5.97. The van der Waals surface area contributed by atoms with Crippen LogP contribution >= 0.6 is 11.8 Å². The fraction of sp³-hybridized carbons (Fsp3) is 0.294. The van der Waals surface area contributed by atoms with E-state index in [-0.39, 0.29) is 16.9 Å². The molecular weight excluding hydrogens is 344 g/mol. The molecule has 0 spiro atoms. The predicted octanol–water partition coefficient (Wildman–Crippen LogP) is 2.63. The lowest BCUT2D eigenvalue weighted by molar-refractivity contribution is -0.149. The number of hydrogen-bond acceptors (Lipinski definition) is 6. The van der Waals surface area contributed by atoms with Crippen LogP contribution < -0.4 is 5.32 Å². The molecule has 132 valence electrons. The third kappa shape index (κ3) is 5.18. The number of imide groups is 1. The second-order valence-corrected chi connectivity index (χ2v) is 6.60. The highest BCUT2D eigenvalue weighted by Crippen LogP contribution is 2.32. The van der Waals surface area contributed by atoms with Crippen molar-refractivity contribution in [2.75, 3.05) is 11.9 Å². The maximum Gasteiger partial charge on any atom is 0.326 e. The number of nitrogens with zero attached hydrogens (tertiary/aromatic N) is 1. The largest absolute Gasteiger partial charge is 0.462 e. The molecule has 1 aliphatic heterocycles. The number of hydrogen-bond donors (Lipinski definition) is 1. The number of anilines is 1. The molecule has 0 aliphatic carbocycles. The second kappa shape index (κ2) is 7.98. The van der Waals surface area contributed by atoms with Crippen LogP contribution in [0.4, 0.5) is 10.5 Å². The molecule has 0 bridgehead atoms. The van der Waals surface area contributed by atoms with Crippen molar-refractivity contribution >= 4 is 46.5 Å². The van der Waals surface area contributed by atoms with Crippen LogP contribution in [0.3, 0.4) is 0 Å². The Bertz CT molecular complexity index is 740. The lowest BCUT2D eigenvalue weighted by Gasteiger charge is -2.13. The Morgan fingerprint density at radius 2 is 1.88 bits per heavy atom. The van der Waals surface area contributed by atoms with Crippen LogP contribution in [-0.2, 0) is 19.1 Å². The third-order valence-electron chi connectivity index (χ3n) is 3.06. The van der Waals surface area contributed by atoms with Crippen molar-refractivity contribution in [3.05, 3.63) is 34.7 Å². The summed E-state index contributed by atoms with van der Waals surface area (Å²) >= 11 is 0.773. The van der Waals surface area contributed by atoms with Crippen LogP contribution in [0, 0.1) is 0 Å². The molecule has 0 radical (unpaired) electrons. The van der Waals surface area contributed by atoms with Gasteiger partial charge in [0, 0.05) is 12.6 Å². The molecule has 1 aromatic carbocycles. The van der Waals surface area contributed by atoms with E-state index in [1.165, 1.54) is 6.92 Å². The molecule has 1 aliphatic rings. The van der Waals surface area contributed by atoms with Gasteiger partial charge in [-0.15, -0.1) is 0 Å². The first-order chi connectivity index (χ1) is 11.8. The third-order valence-corrected chi connectivity index (χ3v) is 3.96. The molecule has 3 amide bonds. The van der Waals surface area contributed by atoms with E-state index < -0.39 is 23.7 Å². The summed E-state index contributed by atoms with van der Waals surface area (Å²) in [5.74, 6) is -1.33. The summed E-state index contributed by atoms with van der Waals surface area (Å²) in [5.41, 5.74) is 1.33. The molecule has 7 nitrogen and oxygen atoms in total. The SMILES string of the molecule is CC(=O)Nc1ccc(C=C2SC(=O)N(CC(=O)OC(C)C)C2=O)cc1. The molecule has 8 heteroatoms. The Morgan fingerprint density at radius 3 is 2.44 bits per heavy atom. The van der Waals surface area contributed by atoms with Gasteiger partial charge in [0.05, 0.1) is 11.0 Å². The molecule has 0 unspecified atom stereocenters. The van der Waals surface area contributed by atoms with Crippen LogP contribution in [0.5, 0.6) is 0 Å². The average Bonchev–Trinajstić information content (AvgIpc) is 2.75. The Labute approximate surface area is 149 Å². The number of thioether (sulfide) groups is 1. The van der Waals surface area contributed by atoms with Crippen molar-refractivity contribution < 1.29 is 23.9 Å². The highest BCUT2D eigenvalue weighted by Gasteiger charge is 2.36. The van der Waals surface area contributed by atoms with Crippen molar-refractivity contribution in [3.8, 4) is 0 Å². The molecule has 1 fully saturated rings. The van der Waals surface area contributed by atoms with Crippen LogP contribution in [0.1, 0.15) is 26.3 Å². The maximum atomic E-state index is 12.3.